The lowest BCUT2D eigenvalue weighted by Crippen LogP contribution is -2.10. The number of fused-ring (bicyclic) bond motifs is 1. The fourth-order valence-corrected chi connectivity index (χ4v) is 2.17. The monoisotopic (exact) mass is 286 g/mol. The molecule has 0 aliphatic rings. The maximum atomic E-state index is 5.52. The van der Waals surface area contributed by atoms with Gasteiger partial charge in [-0.1, -0.05) is 17.2 Å². The largest absolute Gasteiger partial charge is 0.407 e. The Morgan fingerprint density at radius 2 is 2.05 bits per heavy atom. The summed E-state index contributed by atoms with van der Waals surface area (Å²) in [5.74, 6) is 1.51. The zero-order valence-electron chi connectivity index (χ0n) is 12.4. The van der Waals surface area contributed by atoms with Crippen LogP contribution in [-0.4, -0.2) is 38.7 Å². The molecule has 0 amide bonds. The van der Waals surface area contributed by atoms with Crippen LogP contribution in [0.4, 0.5) is 6.01 Å². The first-order chi connectivity index (χ1) is 10.1. The summed E-state index contributed by atoms with van der Waals surface area (Å²) in [5.41, 5.74) is 2.09. The summed E-state index contributed by atoms with van der Waals surface area (Å²) in [6, 6.07) is 8.46. The molecule has 0 unspecified atom stereocenters. The molecule has 110 valence electrons. The van der Waals surface area contributed by atoms with Crippen LogP contribution in [0.25, 0.3) is 11.0 Å². The predicted octanol–water partition coefficient (Wildman–Crippen LogP) is 1.63. The van der Waals surface area contributed by atoms with E-state index in [4.69, 9.17) is 4.42 Å². The average molecular weight is 286 g/mol. The molecule has 0 saturated carbocycles. The van der Waals surface area contributed by atoms with Crippen LogP contribution in [0.5, 0.6) is 0 Å². The van der Waals surface area contributed by atoms with Crippen molar-refractivity contribution >= 4 is 17.0 Å². The number of imidazole rings is 1. The van der Waals surface area contributed by atoms with Gasteiger partial charge in [0.15, 0.2) is 0 Å². The van der Waals surface area contributed by atoms with Crippen molar-refractivity contribution in [1.29, 1.82) is 0 Å². The maximum Gasteiger partial charge on any atom is 0.315 e. The molecular weight excluding hydrogens is 268 g/mol. The van der Waals surface area contributed by atoms with Gasteiger partial charge in [-0.2, -0.15) is 0 Å². The van der Waals surface area contributed by atoms with E-state index in [1.807, 2.05) is 50.3 Å². The van der Waals surface area contributed by atoms with Crippen molar-refractivity contribution in [3.63, 3.8) is 0 Å². The lowest BCUT2D eigenvalue weighted by Gasteiger charge is -2.04. The number of benzene rings is 1. The second kappa shape index (κ2) is 5.53. The number of nitrogens with one attached hydrogen (secondary N) is 1. The van der Waals surface area contributed by atoms with Crippen molar-refractivity contribution in [2.24, 2.45) is 7.05 Å². The molecule has 2 aromatic heterocycles. The zero-order chi connectivity index (χ0) is 14.8. The molecule has 0 aliphatic carbocycles. The molecule has 7 heteroatoms. The first kappa shape index (κ1) is 13.6. The van der Waals surface area contributed by atoms with Crippen LogP contribution < -0.4 is 5.32 Å². The Morgan fingerprint density at radius 1 is 1.24 bits per heavy atom. The summed E-state index contributed by atoms with van der Waals surface area (Å²) in [6.07, 6.45) is 0. The SMILES string of the molecule is CN(C)Cc1nnc(NCc2nc3ccccc3n2C)o1. The molecule has 0 spiro atoms. The Labute approximate surface area is 122 Å². The Morgan fingerprint density at radius 3 is 2.81 bits per heavy atom. The minimum atomic E-state index is 0.416. The van der Waals surface area contributed by atoms with Gasteiger partial charge in [0.05, 0.1) is 24.1 Å². The van der Waals surface area contributed by atoms with E-state index in [1.54, 1.807) is 0 Å². The molecular formula is C14H18N6O. The van der Waals surface area contributed by atoms with Gasteiger partial charge in [0.2, 0.25) is 5.89 Å². The van der Waals surface area contributed by atoms with Crippen molar-refractivity contribution in [2.45, 2.75) is 13.1 Å². The van der Waals surface area contributed by atoms with Gasteiger partial charge < -0.3 is 19.2 Å². The van der Waals surface area contributed by atoms with Gasteiger partial charge >= 0.3 is 6.01 Å². The first-order valence-corrected chi connectivity index (χ1v) is 6.75. The van der Waals surface area contributed by atoms with Crippen LogP contribution in [-0.2, 0) is 20.1 Å². The van der Waals surface area contributed by atoms with E-state index in [0.717, 1.165) is 16.9 Å². The maximum absolute atomic E-state index is 5.52. The highest BCUT2D eigenvalue weighted by molar-refractivity contribution is 5.75. The van der Waals surface area contributed by atoms with Gasteiger partial charge in [-0.15, -0.1) is 5.10 Å². The van der Waals surface area contributed by atoms with Crippen LogP contribution in [0, 0.1) is 0 Å². The highest BCUT2D eigenvalue weighted by atomic mass is 16.4. The summed E-state index contributed by atoms with van der Waals surface area (Å²) in [5, 5.41) is 11.1. The third kappa shape index (κ3) is 2.87. The molecule has 0 fully saturated rings. The Bertz CT molecular complexity index is 745. The number of aromatic nitrogens is 4. The Balaban J connectivity index is 1.71. The van der Waals surface area contributed by atoms with Crippen molar-refractivity contribution in [3.8, 4) is 0 Å². The fraction of sp³-hybridized carbons (Fsp3) is 0.357. The van der Waals surface area contributed by atoms with E-state index in [9.17, 15) is 0 Å². The molecule has 0 atom stereocenters. The quantitative estimate of drug-likeness (QED) is 0.768. The van der Waals surface area contributed by atoms with Crippen LogP contribution in [0.3, 0.4) is 0 Å². The summed E-state index contributed by atoms with van der Waals surface area (Å²) >= 11 is 0. The standard InChI is InChI=1S/C14H18N6O/c1-19(2)9-13-17-18-14(21-13)15-8-12-16-10-6-4-5-7-11(10)20(12)3/h4-7H,8-9H2,1-3H3,(H,15,18). The van der Waals surface area contributed by atoms with Crippen LogP contribution in [0.2, 0.25) is 0 Å². The Kier molecular flexibility index (Phi) is 3.57. The van der Waals surface area contributed by atoms with Crippen molar-refractivity contribution in [1.82, 2.24) is 24.6 Å². The minimum absolute atomic E-state index is 0.416. The topological polar surface area (TPSA) is 72.0 Å². The third-order valence-corrected chi connectivity index (χ3v) is 3.20. The number of hydrogen-bond acceptors (Lipinski definition) is 6. The molecule has 0 radical (unpaired) electrons. The molecule has 3 aromatic rings. The van der Waals surface area contributed by atoms with Gasteiger partial charge in [-0.3, -0.25) is 0 Å². The number of hydrogen-bond donors (Lipinski definition) is 1. The minimum Gasteiger partial charge on any atom is -0.407 e. The van der Waals surface area contributed by atoms with Crippen molar-refractivity contribution in [3.05, 3.63) is 36.0 Å². The number of nitrogens with zero attached hydrogens (tertiary/aromatic N) is 5. The summed E-state index contributed by atoms with van der Waals surface area (Å²) in [7, 11) is 5.91. The normalized spacial score (nSPS) is 11.4. The fourth-order valence-electron chi connectivity index (χ4n) is 2.17. The molecule has 1 aromatic carbocycles. The smallest absolute Gasteiger partial charge is 0.315 e. The average Bonchev–Trinajstić information content (AvgIpc) is 3.02. The van der Waals surface area contributed by atoms with Crippen LogP contribution >= 0.6 is 0 Å². The summed E-state index contributed by atoms with van der Waals surface area (Å²) in [6.45, 7) is 1.16. The van der Waals surface area contributed by atoms with Gasteiger partial charge in [-0.25, -0.2) is 4.98 Å². The van der Waals surface area contributed by atoms with Crippen molar-refractivity contribution < 1.29 is 4.42 Å². The molecule has 2 heterocycles. The zero-order valence-corrected chi connectivity index (χ0v) is 12.4. The molecule has 0 saturated heterocycles. The molecule has 1 N–H and O–H groups in total. The van der Waals surface area contributed by atoms with Crippen molar-refractivity contribution in [2.75, 3.05) is 19.4 Å². The van der Waals surface area contributed by atoms with Gasteiger partial charge in [0.25, 0.3) is 0 Å². The molecule has 0 bridgehead atoms. The van der Waals surface area contributed by atoms with E-state index >= 15 is 0 Å². The van der Waals surface area contributed by atoms with E-state index in [1.165, 1.54) is 0 Å². The van der Waals surface area contributed by atoms with Gasteiger partial charge in [0, 0.05) is 7.05 Å². The predicted molar refractivity (Wildman–Crippen MR) is 79.7 cm³/mol. The third-order valence-electron chi connectivity index (χ3n) is 3.20. The number of aryl methyl sites for hydroxylation is 1. The summed E-state index contributed by atoms with van der Waals surface area (Å²) in [4.78, 5) is 6.56. The highest BCUT2D eigenvalue weighted by Gasteiger charge is 2.10. The lowest BCUT2D eigenvalue weighted by atomic mass is 10.3. The molecule has 3 rings (SSSR count). The molecule has 21 heavy (non-hydrogen) atoms. The lowest BCUT2D eigenvalue weighted by molar-refractivity contribution is 0.344. The van der Waals surface area contributed by atoms with Gasteiger partial charge in [-0.05, 0) is 26.2 Å². The Hall–Kier alpha value is -2.41. The van der Waals surface area contributed by atoms with E-state index in [2.05, 4.69) is 25.1 Å². The van der Waals surface area contributed by atoms with E-state index in [0.29, 0.717) is 25.0 Å². The number of anilines is 1. The van der Waals surface area contributed by atoms with Crippen LogP contribution in [0.15, 0.2) is 28.7 Å². The number of para-hydroxylation sites is 2. The van der Waals surface area contributed by atoms with E-state index in [-0.39, 0.29) is 0 Å². The second-order valence-corrected chi connectivity index (χ2v) is 5.17. The van der Waals surface area contributed by atoms with Gasteiger partial charge in [0.1, 0.15) is 5.82 Å². The summed E-state index contributed by atoms with van der Waals surface area (Å²) < 4.78 is 7.57. The second-order valence-electron chi connectivity index (χ2n) is 5.17. The molecule has 0 aliphatic heterocycles. The molecule has 7 nitrogen and oxygen atoms in total. The number of rotatable bonds is 5. The van der Waals surface area contributed by atoms with E-state index < -0.39 is 0 Å². The highest BCUT2D eigenvalue weighted by Crippen LogP contribution is 2.15. The first-order valence-electron chi connectivity index (χ1n) is 6.75. The van der Waals surface area contributed by atoms with Crippen LogP contribution in [0.1, 0.15) is 11.7 Å².